The standard InChI is InChI=1S/C16H23NO2S/c1-11-4-3-5-13(8-11)19-10-12-6-7-14(16(17)20)15(9-12)18-2/h6-7,9,11,13H,3-5,8,10H2,1-2H3,(H2,17,20). The Labute approximate surface area is 126 Å². The summed E-state index contributed by atoms with van der Waals surface area (Å²) in [5, 5.41) is 0. The van der Waals surface area contributed by atoms with Gasteiger partial charge < -0.3 is 15.2 Å². The topological polar surface area (TPSA) is 44.5 Å². The largest absolute Gasteiger partial charge is 0.496 e. The smallest absolute Gasteiger partial charge is 0.129 e. The van der Waals surface area contributed by atoms with E-state index in [0.29, 0.717) is 17.7 Å². The van der Waals surface area contributed by atoms with Crippen LogP contribution in [0.4, 0.5) is 0 Å². The lowest BCUT2D eigenvalue weighted by Gasteiger charge is -2.26. The third-order valence-corrected chi connectivity index (χ3v) is 4.13. The maximum absolute atomic E-state index is 6.02. The molecule has 0 radical (unpaired) electrons. The minimum atomic E-state index is 0.357. The van der Waals surface area contributed by atoms with Crippen LogP contribution in [0, 0.1) is 5.92 Å². The molecule has 4 heteroatoms. The fraction of sp³-hybridized carbons (Fsp3) is 0.562. The van der Waals surface area contributed by atoms with Gasteiger partial charge in [0, 0.05) is 0 Å². The number of thiocarbonyl (C=S) groups is 1. The first kappa shape index (κ1) is 15.3. The van der Waals surface area contributed by atoms with Gasteiger partial charge in [0.15, 0.2) is 0 Å². The Morgan fingerprint density at radius 1 is 1.40 bits per heavy atom. The Hall–Kier alpha value is -1.13. The first-order valence-electron chi connectivity index (χ1n) is 7.18. The van der Waals surface area contributed by atoms with Gasteiger partial charge in [0.05, 0.1) is 25.4 Å². The van der Waals surface area contributed by atoms with Gasteiger partial charge in [0.25, 0.3) is 0 Å². The Bertz CT molecular complexity index is 476. The summed E-state index contributed by atoms with van der Waals surface area (Å²) in [7, 11) is 1.63. The fourth-order valence-corrected chi connectivity index (χ4v) is 2.94. The highest BCUT2D eigenvalue weighted by atomic mass is 32.1. The normalized spacial score (nSPS) is 22.5. The molecule has 1 saturated carbocycles. The molecule has 1 aromatic rings. The van der Waals surface area contributed by atoms with E-state index in [4.69, 9.17) is 27.4 Å². The van der Waals surface area contributed by atoms with E-state index in [1.807, 2.05) is 18.2 Å². The molecule has 0 heterocycles. The molecule has 0 bridgehead atoms. The van der Waals surface area contributed by atoms with E-state index < -0.39 is 0 Å². The van der Waals surface area contributed by atoms with Crippen LogP contribution < -0.4 is 10.5 Å². The van der Waals surface area contributed by atoms with Crippen molar-refractivity contribution in [2.24, 2.45) is 11.7 Å². The first-order valence-corrected chi connectivity index (χ1v) is 7.59. The van der Waals surface area contributed by atoms with E-state index >= 15 is 0 Å². The van der Waals surface area contributed by atoms with Crippen molar-refractivity contribution in [2.75, 3.05) is 7.11 Å². The lowest BCUT2D eigenvalue weighted by molar-refractivity contribution is 0.00461. The fourth-order valence-electron chi connectivity index (χ4n) is 2.77. The molecule has 0 aromatic heterocycles. The zero-order valence-corrected chi connectivity index (χ0v) is 13.0. The molecule has 20 heavy (non-hydrogen) atoms. The number of rotatable bonds is 5. The summed E-state index contributed by atoms with van der Waals surface area (Å²) in [4.78, 5) is 0.357. The van der Waals surface area contributed by atoms with Gasteiger partial charge in [-0.3, -0.25) is 0 Å². The van der Waals surface area contributed by atoms with Crippen LogP contribution in [0.25, 0.3) is 0 Å². The molecule has 0 amide bonds. The minimum absolute atomic E-state index is 0.357. The van der Waals surface area contributed by atoms with Gasteiger partial charge >= 0.3 is 0 Å². The third-order valence-electron chi connectivity index (χ3n) is 3.91. The number of hydrogen-bond donors (Lipinski definition) is 1. The van der Waals surface area contributed by atoms with E-state index in [-0.39, 0.29) is 0 Å². The van der Waals surface area contributed by atoms with Crippen molar-refractivity contribution in [1.29, 1.82) is 0 Å². The average Bonchev–Trinajstić information content (AvgIpc) is 2.44. The van der Waals surface area contributed by atoms with Crippen molar-refractivity contribution < 1.29 is 9.47 Å². The highest BCUT2D eigenvalue weighted by Gasteiger charge is 2.19. The van der Waals surface area contributed by atoms with Crippen molar-refractivity contribution in [3.8, 4) is 5.75 Å². The Kier molecular flexibility index (Phi) is 5.38. The van der Waals surface area contributed by atoms with Gasteiger partial charge in [-0.25, -0.2) is 0 Å². The molecule has 3 nitrogen and oxygen atoms in total. The SMILES string of the molecule is COc1cc(COC2CCCC(C)C2)ccc1C(N)=S. The minimum Gasteiger partial charge on any atom is -0.496 e. The summed E-state index contributed by atoms with van der Waals surface area (Å²) in [6.45, 7) is 2.92. The van der Waals surface area contributed by atoms with Crippen LogP contribution in [0.5, 0.6) is 5.75 Å². The molecule has 1 fully saturated rings. The molecule has 1 aliphatic rings. The van der Waals surface area contributed by atoms with Crippen LogP contribution in [0.1, 0.15) is 43.7 Å². The monoisotopic (exact) mass is 293 g/mol. The molecule has 1 aliphatic carbocycles. The van der Waals surface area contributed by atoms with Gasteiger partial charge in [-0.1, -0.05) is 38.0 Å². The summed E-state index contributed by atoms with van der Waals surface area (Å²) in [5.74, 6) is 1.50. The van der Waals surface area contributed by atoms with E-state index in [2.05, 4.69) is 6.92 Å². The predicted molar refractivity (Wildman–Crippen MR) is 85.1 cm³/mol. The number of nitrogens with two attached hydrogens (primary N) is 1. The van der Waals surface area contributed by atoms with E-state index in [0.717, 1.165) is 22.8 Å². The maximum Gasteiger partial charge on any atom is 0.129 e. The molecule has 2 N–H and O–H groups in total. The number of methoxy groups -OCH3 is 1. The van der Waals surface area contributed by atoms with Crippen molar-refractivity contribution in [1.82, 2.24) is 0 Å². The zero-order valence-electron chi connectivity index (χ0n) is 12.2. The highest BCUT2D eigenvalue weighted by molar-refractivity contribution is 7.80. The molecule has 0 spiro atoms. The van der Waals surface area contributed by atoms with Gasteiger partial charge in [-0.05, 0) is 36.5 Å². The van der Waals surface area contributed by atoms with Crippen LogP contribution in [0.3, 0.4) is 0 Å². The Balaban J connectivity index is 1.97. The summed E-state index contributed by atoms with van der Waals surface area (Å²) < 4.78 is 11.4. The molecule has 2 unspecified atom stereocenters. The van der Waals surface area contributed by atoms with Crippen LogP contribution in [0.15, 0.2) is 18.2 Å². The van der Waals surface area contributed by atoms with Crippen molar-refractivity contribution in [2.45, 2.75) is 45.3 Å². The number of hydrogen-bond acceptors (Lipinski definition) is 3. The first-order chi connectivity index (χ1) is 9.60. The van der Waals surface area contributed by atoms with Crippen LogP contribution in [0.2, 0.25) is 0 Å². The van der Waals surface area contributed by atoms with Crippen molar-refractivity contribution in [3.63, 3.8) is 0 Å². The molecule has 1 aromatic carbocycles. The maximum atomic E-state index is 6.02. The molecule has 2 rings (SSSR count). The van der Waals surface area contributed by atoms with E-state index in [1.165, 1.54) is 25.7 Å². The lowest BCUT2D eigenvalue weighted by atomic mass is 9.89. The molecular formula is C16H23NO2S. The second-order valence-corrected chi connectivity index (χ2v) is 6.04. The second kappa shape index (κ2) is 7.04. The predicted octanol–water partition coefficient (Wildman–Crippen LogP) is 3.42. The van der Waals surface area contributed by atoms with Crippen LogP contribution >= 0.6 is 12.2 Å². The summed E-state index contributed by atoms with van der Waals surface area (Å²) >= 11 is 5.01. The highest BCUT2D eigenvalue weighted by Crippen LogP contribution is 2.27. The van der Waals surface area contributed by atoms with Gasteiger partial charge in [-0.15, -0.1) is 0 Å². The van der Waals surface area contributed by atoms with Crippen LogP contribution in [-0.2, 0) is 11.3 Å². The summed E-state index contributed by atoms with van der Waals surface area (Å²) in [5.41, 5.74) is 7.54. The second-order valence-electron chi connectivity index (χ2n) is 5.60. The molecule has 0 aliphatic heterocycles. The summed E-state index contributed by atoms with van der Waals surface area (Å²) in [6, 6.07) is 5.87. The average molecular weight is 293 g/mol. The molecular weight excluding hydrogens is 270 g/mol. The Morgan fingerprint density at radius 3 is 2.85 bits per heavy atom. The number of benzene rings is 1. The van der Waals surface area contributed by atoms with E-state index in [9.17, 15) is 0 Å². The zero-order chi connectivity index (χ0) is 14.5. The van der Waals surface area contributed by atoms with E-state index in [1.54, 1.807) is 7.11 Å². The molecule has 2 atom stereocenters. The third kappa shape index (κ3) is 3.93. The molecule has 110 valence electrons. The van der Waals surface area contributed by atoms with Crippen molar-refractivity contribution >= 4 is 17.2 Å². The van der Waals surface area contributed by atoms with Gasteiger partial charge in [-0.2, -0.15) is 0 Å². The van der Waals surface area contributed by atoms with Gasteiger partial charge in [0.2, 0.25) is 0 Å². The Morgan fingerprint density at radius 2 is 2.20 bits per heavy atom. The summed E-state index contributed by atoms with van der Waals surface area (Å²) in [6.07, 6.45) is 5.33. The quantitative estimate of drug-likeness (QED) is 0.845. The molecule has 0 saturated heterocycles. The number of ether oxygens (including phenoxy) is 2. The van der Waals surface area contributed by atoms with Crippen LogP contribution in [-0.4, -0.2) is 18.2 Å². The van der Waals surface area contributed by atoms with Gasteiger partial charge in [0.1, 0.15) is 10.7 Å². The lowest BCUT2D eigenvalue weighted by Crippen LogP contribution is -2.21. The van der Waals surface area contributed by atoms with Crippen molar-refractivity contribution in [3.05, 3.63) is 29.3 Å².